The van der Waals surface area contributed by atoms with Crippen LogP contribution in [-0.2, 0) is 0 Å². The molecule has 1 aliphatic heterocycles. The Kier molecular flexibility index (Phi) is 4.74. The predicted octanol–water partition coefficient (Wildman–Crippen LogP) is 1.88. The number of nitrogens with zero attached hydrogens (tertiary/aromatic N) is 1. The first-order valence-electron chi connectivity index (χ1n) is 5.59. The Morgan fingerprint density at radius 2 is 2.23 bits per heavy atom. The summed E-state index contributed by atoms with van der Waals surface area (Å²) in [6, 6.07) is 0.692. The maximum atomic E-state index is 8.76. The van der Waals surface area contributed by atoms with Crippen LogP contribution in [0.2, 0.25) is 0 Å². The molecule has 1 atom stereocenters. The maximum absolute atomic E-state index is 8.76. The van der Waals surface area contributed by atoms with Crippen molar-refractivity contribution in [2.24, 2.45) is 5.92 Å². The van der Waals surface area contributed by atoms with Gasteiger partial charge < -0.3 is 10.0 Å². The van der Waals surface area contributed by atoms with E-state index in [9.17, 15) is 0 Å². The number of hydrogen-bond acceptors (Lipinski definition) is 2. The third kappa shape index (κ3) is 3.65. The molecule has 2 heteroatoms. The minimum Gasteiger partial charge on any atom is -0.396 e. The highest BCUT2D eigenvalue weighted by Gasteiger charge is 2.20. The van der Waals surface area contributed by atoms with E-state index in [-0.39, 0.29) is 0 Å². The van der Waals surface area contributed by atoms with E-state index < -0.39 is 0 Å². The molecule has 2 nitrogen and oxygen atoms in total. The van der Waals surface area contributed by atoms with E-state index in [1.54, 1.807) is 0 Å². The van der Waals surface area contributed by atoms with Crippen LogP contribution >= 0.6 is 0 Å². The molecule has 0 amide bonds. The number of aliphatic hydroxyl groups is 1. The Morgan fingerprint density at radius 3 is 2.85 bits per heavy atom. The summed E-state index contributed by atoms with van der Waals surface area (Å²) in [5.41, 5.74) is 0. The lowest BCUT2D eigenvalue weighted by atomic mass is 9.93. The lowest BCUT2D eigenvalue weighted by Crippen LogP contribution is -2.39. The van der Waals surface area contributed by atoms with E-state index in [4.69, 9.17) is 5.11 Å². The molecule has 1 fully saturated rings. The molecule has 13 heavy (non-hydrogen) atoms. The number of likely N-dealkylation sites (tertiary alicyclic amines) is 1. The normalized spacial score (nSPS) is 25.4. The molecule has 78 valence electrons. The maximum Gasteiger partial charge on any atom is 0.0431 e. The fraction of sp³-hybridized carbons (Fsp3) is 1.00. The predicted molar refractivity (Wildman–Crippen MR) is 55.8 cm³/mol. The fourth-order valence-corrected chi connectivity index (χ4v) is 2.18. The summed E-state index contributed by atoms with van der Waals surface area (Å²) in [4.78, 5) is 2.56. The van der Waals surface area contributed by atoms with E-state index in [1.807, 2.05) is 0 Å². The highest BCUT2D eigenvalue weighted by molar-refractivity contribution is 4.74. The zero-order valence-corrected chi connectivity index (χ0v) is 9.00. The first-order valence-corrected chi connectivity index (χ1v) is 5.59. The lowest BCUT2D eigenvalue weighted by Gasteiger charge is -2.35. The molecule has 1 rings (SSSR count). The monoisotopic (exact) mass is 185 g/mol. The first-order chi connectivity index (χ1) is 6.24. The standard InChI is InChI=1S/C11H23NO/c1-10(2)12-7-3-5-11(9-12)6-4-8-13/h10-11,13H,3-9H2,1-2H3. The lowest BCUT2D eigenvalue weighted by molar-refractivity contribution is 0.130. The van der Waals surface area contributed by atoms with Crippen LogP contribution in [0.1, 0.15) is 39.5 Å². The molecule has 0 radical (unpaired) electrons. The quantitative estimate of drug-likeness (QED) is 0.723. The van der Waals surface area contributed by atoms with E-state index in [2.05, 4.69) is 18.7 Å². The molecule has 1 N–H and O–H groups in total. The van der Waals surface area contributed by atoms with Crippen molar-refractivity contribution in [1.82, 2.24) is 4.90 Å². The second-order valence-electron chi connectivity index (χ2n) is 4.46. The van der Waals surface area contributed by atoms with Gasteiger partial charge in [-0.15, -0.1) is 0 Å². The van der Waals surface area contributed by atoms with E-state index in [1.165, 1.54) is 32.4 Å². The Bertz CT molecular complexity index is 136. The summed E-state index contributed by atoms with van der Waals surface area (Å²) < 4.78 is 0. The Labute approximate surface area is 81.9 Å². The largest absolute Gasteiger partial charge is 0.396 e. The summed E-state index contributed by atoms with van der Waals surface area (Å²) in [6.45, 7) is 7.42. The van der Waals surface area contributed by atoms with Crippen LogP contribution < -0.4 is 0 Å². The summed E-state index contributed by atoms with van der Waals surface area (Å²) in [5, 5.41) is 8.76. The van der Waals surface area contributed by atoms with Gasteiger partial charge in [-0.2, -0.15) is 0 Å². The van der Waals surface area contributed by atoms with Crippen molar-refractivity contribution < 1.29 is 5.11 Å². The molecule has 0 aromatic heterocycles. The second-order valence-corrected chi connectivity index (χ2v) is 4.46. The number of hydrogen-bond donors (Lipinski definition) is 1. The second kappa shape index (κ2) is 5.61. The van der Waals surface area contributed by atoms with Crippen LogP contribution in [0, 0.1) is 5.92 Å². The molecule has 0 bridgehead atoms. The third-order valence-electron chi connectivity index (χ3n) is 3.05. The first kappa shape index (κ1) is 11.0. The number of piperidine rings is 1. The summed E-state index contributed by atoms with van der Waals surface area (Å²) in [5.74, 6) is 0.836. The summed E-state index contributed by atoms with van der Waals surface area (Å²) in [6.07, 6.45) is 4.90. The molecule has 0 aliphatic carbocycles. The molecule has 1 heterocycles. The Morgan fingerprint density at radius 1 is 1.46 bits per heavy atom. The van der Waals surface area contributed by atoms with Crippen molar-refractivity contribution in [3.8, 4) is 0 Å². The van der Waals surface area contributed by atoms with Gasteiger partial charge in [0.25, 0.3) is 0 Å². The van der Waals surface area contributed by atoms with E-state index in [0.29, 0.717) is 12.6 Å². The van der Waals surface area contributed by atoms with Gasteiger partial charge in [0, 0.05) is 19.2 Å². The minimum atomic E-state index is 0.359. The average molecular weight is 185 g/mol. The van der Waals surface area contributed by atoms with Gasteiger partial charge in [-0.3, -0.25) is 0 Å². The van der Waals surface area contributed by atoms with Crippen LogP contribution in [0.5, 0.6) is 0 Å². The highest BCUT2D eigenvalue weighted by atomic mass is 16.2. The van der Waals surface area contributed by atoms with Crippen molar-refractivity contribution in [2.45, 2.75) is 45.6 Å². The zero-order valence-electron chi connectivity index (χ0n) is 9.00. The molecule has 1 saturated heterocycles. The van der Waals surface area contributed by atoms with Gasteiger partial charge in [0.05, 0.1) is 0 Å². The number of aliphatic hydroxyl groups excluding tert-OH is 1. The van der Waals surface area contributed by atoms with Gasteiger partial charge in [0.2, 0.25) is 0 Å². The molecular weight excluding hydrogens is 162 g/mol. The molecule has 0 aromatic rings. The van der Waals surface area contributed by atoms with Gasteiger partial charge >= 0.3 is 0 Å². The average Bonchev–Trinajstić information content (AvgIpc) is 2.15. The SMILES string of the molecule is CC(C)N1CCCC(CCCO)C1. The van der Waals surface area contributed by atoms with E-state index in [0.717, 1.165) is 12.3 Å². The van der Waals surface area contributed by atoms with Gasteiger partial charge in [-0.05, 0) is 52.0 Å². The van der Waals surface area contributed by atoms with Gasteiger partial charge in [-0.1, -0.05) is 0 Å². The van der Waals surface area contributed by atoms with Crippen LogP contribution in [0.25, 0.3) is 0 Å². The van der Waals surface area contributed by atoms with Crippen LogP contribution in [0.4, 0.5) is 0 Å². The van der Waals surface area contributed by atoms with Crippen LogP contribution in [0.15, 0.2) is 0 Å². The molecular formula is C11H23NO. The summed E-state index contributed by atoms with van der Waals surface area (Å²) in [7, 11) is 0. The minimum absolute atomic E-state index is 0.359. The Balaban J connectivity index is 2.25. The number of rotatable bonds is 4. The molecule has 1 unspecified atom stereocenters. The molecule has 1 aliphatic rings. The fourth-order valence-electron chi connectivity index (χ4n) is 2.18. The van der Waals surface area contributed by atoms with Crippen LogP contribution in [-0.4, -0.2) is 35.7 Å². The van der Waals surface area contributed by atoms with Crippen molar-refractivity contribution in [3.05, 3.63) is 0 Å². The van der Waals surface area contributed by atoms with Crippen molar-refractivity contribution in [2.75, 3.05) is 19.7 Å². The van der Waals surface area contributed by atoms with Gasteiger partial charge in [-0.25, -0.2) is 0 Å². The third-order valence-corrected chi connectivity index (χ3v) is 3.05. The topological polar surface area (TPSA) is 23.5 Å². The zero-order chi connectivity index (χ0) is 9.68. The smallest absolute Gasteiger partial charge is 0.0431 e. The Hall–Kier alpha value is -0.0800. The van der Waals surface area contributed by atoms with Gasteiger partial charge in [0.15, 0.2) is 0 Å². The van der Waals surface area contributed by atoms with E-state index >= 15 is 0 Å². The van der Waals surface area contributed by atoms with Gasteiger partial charge in [0.1, 0.15) is 0 Å². The van der Waals surface area contributed by atoms with Crippen LogP contribution in [0.3, 0.4) is 0 Å². The van der Waals surface area contributed by atoms with Crippen molar-refractivity contribution >= 4 is 0 Å². The molecule has 0 saturated carbocycles. The van der Waals surface area contributed by atoms with Crippen molar-refractivity contribution in [1.29, 1.82) is 0 Å². The summed E-state index contributed by atoms with van der Waals surface area (Å²) >= 11 is 0. The van der Waals surface area contributed by atoms with Crippen molar-refractivity contribution in [3.63, 3.8) is 0 Å². The highest BCUT2D eigenvalue weighted by Crippen LogP contribution is 2.21. The molecule has 0 aromatic carbocycles. The molecule has 0 spiro atoms.